The van der Waals surface area contributed by atoms with Crippen molar-refractivity contribution in [3.05, 3.63) is 124 Å². The van der Waals surface area contributed by atoms with Crippen LogP contribution in [0.4, 0.5) is 34.1 Å². The van der Waals surface area contributed by atoms with Crippen LogP contribution < -0.4 is 26.2 Å². The molecule has 0 saturated carbocycles. The van der Waals surface area contributed by atoms with Crippen LogP contribution >= 0.6 is 0 Å². The molecule has 2 aliphatic carbocycles. The van der Waals surface area contributed by atoms with Gasteiger partial charge in [0.2, 0.25) is 0 Å². The molecule has 0 aromatic heterocycles. The molecule has 0 amide bonds. The van der Waals surface area contributed by atoms with Crippen LogP contribution in [0.3, 0.4) is 0 Å². The van der Waals surface area contributed by atoms with Gasteiger partial charge in [-0.25, -0.2) is 0 Å². The topological polar surface area (TPSA) is 6.48 Å². The molecule has 2 heterocycles. The molecule has 0 atom stereocenters. The average molecular weight is 767 g/mol. The number of fused-ring (bicyclic) bond motifs is 6. The van der Waals surface area contributed by atoms with Crippen molar-refractivity contribution in [2.45, 2.75) is 162 Å². The van der Waals surface area contributed by atoms with Crippen LogP contribution in [0.1, 0.15) is 162 Å². The molecule has 0 unspecified atom stereocenters. The Balaban J connectivity index is 1.36. The molecule has 2 aliphatic heterocycles. The summed E-state index contributed by atoms with van der Waals surface area (Å²) in [5, 5.41) is 0. The summed E-state index contributed by atoms with van der Waals surface area (Å²) in [4.78, 5) is 5.30. The highest BCUT2D eigenvalue weighted by Crippen LogP contribution is 2.52. The van der Waals surface area contributed by atoms with E-state index in [9.17, 15) is 0 Å². The van der Waals surface area contributed by atoms with E-state index >= 15 is 0 Å². The van der Waals surface area contributed by atoms with Gasteiger partial charge in [-0.1, -0.05) is 133 Å². The molecule has 2 nitrogen and oxygen atoms in total. The number of hydrogen-bond acceptors (Lipinski definition) is 2. The van der Waals surface area contributed by atoms with Crippen LogP contribution in [-0.2, 0) is 32.5 Å². The van der Waals surface area contributed by atoms with Gasteiger partial charge in [-0.2, -0.15) is 0 Å². The van der Waals surface area contributed by atoms with Crippen molar-refractivity contribution in [3.8, 4) is 0 Å². The predicted octanol–water partition coefficient (Wildman–Crippen LogP) is 13.4. The number of hydrogen-bond donors (Lipinski definition) is 0. The smallest absolute Gasteiger partial charge is 0.252 e. The Bertz CT molecular complexity index is 2340. The Kier molecular flexibility index (Phi) is 8.39. The highest BCUT2D eigenvalue weighted by molar-refractivity contribution is 7.00. The second kappa shape index (κ2) is 12.4. The molecule has 0 fully saturated rings. The lowest BCUT2D eigenvalue weighted by Gasteiger charge is -2.47. The molecular weight excluding hydrogens is 699 g/mol. The van der Waals surface area contributed by atoms with Crippen molar-refractivity contribution < 1.29 is 0 Å². The average Bonchev–Trinajstić information content (AvgIpc) is 3.13. The van der Waals surface area contributed by atoms with Crippen molar-refractivity contribution in [1.82, 2.24) is 0 Å². The fourth-order valence-corrected chi connectivity index (χ4v) is 11.0. The molecule has 0 spiro atoms. The van der Waals surface area contributed by atoms with Crippen LogP contribution in [0.15, 0.2) is 84.9 Å². The van der Waals surface area contributed by atoms with E-state index in [2.05, 4.69) is 199 Å². The monoisotopic (exact) mass is 767 g/mol. The van der Waals surface area contributed by atoms with E-state index in [1.54, 1.807) is 0 Å². The van der Waals surface area contributed by atoms with Gasteiger partial charge in [0.1, 0.15) is 0 Å². The minimum atomic E-state index is 0.0122. The van der Waals surface area contributed by atoms with Crippen LogP contribution in [0.2, 0.25) is 0 Å². The molecule has 3 heteroatoms. The third-order valence-electron chi connectivity index (χ3n) is 15.1. The van der Waals surface area contributed by atoms with Gasteiger partial charge in [-0.05, 0) is 169 Å². The largest absolute Gasteiger partial charge is 0.311 e. The fraction of sp³-hybridized carbons (Fsp3) is 0.455. The van der Waals surface area contributed by atoms with E-state index in [0.29, 0.717) is 0 Å². The zero-order valence-electron chi connectivity index (χ0n) is 38.4. The Labute approximate surface area is 351 Å². The molecule has 9 rings (SSSR count). The van der Waals surface area contributed by atoms with Crippen molar-refractivity contribution in [2.24, 2.45) is 0 Å². The Morgan fingerprint density at radius 2 is 0.793 bits per heavy atom. The molecule has 0 saturated heterocycles. The minimum Gasteiger partial charge on any atom is -0.311 e. The van der Waals surface area contributed by atoms with Crippen molar-refractivity contribution in [3.63, 3.8) is 0 Å². The van der Waals surface area contributed by atoms with E-state index in [0.717, 1.165) is 0 Å². The Hall–Kier alpha value is -4.24. The molecule has 0 N–H and O–H groups in total. The number of nitrogens with zero attached hydrogens (tertiary/aromatic N) is 2. The lowest BCUT2D eigenvalue weighted by Crippen LogP contribution is -2.61. The van der Waals surface area contributed by atoms with Crippen molar-refractivity contribution >= 4 is 57.2 Å². The number of aryl methyl sites for hydroxylation is 1. The van der Waals surface area contributed by atoms with Gasteiger partial charge in [0, 0.05) is 34.1 Å². The summed E-state index contributed by atoms with van der Waals surface area (Å²) >= 11 is 0. The molecule has 58 heavy (non-hydrogen) atoms. The van der Waals surface area contributed by atoms with Gasteiger partial charge in [0.15, 0.2) is 0 Å². The van der Waals surface area contributed by atoms with Gasteiger partial charge in [-0.3, -0.25) is 0 Å². The Morgan fingerprint density at radius 1 is 0.431 bits per heavy atom. The number of anilines is 6. The molecule has 5 aromatic carbocycles. The molecular formula is C55H67BN2. The normalized spacial score (nSPS) is 19.5. The standard InChI is InChI=1S/C55H67BN2/c1-34-28-47-49-48(29-34)58(38-19-21-40-42(33-38)55(14,15)27-25-53(40,10)11)46-31-36(51(5,6)7)17-23-44(46)56(49)43-22-16-35(50(2,3)4)30-45(43)57(47)37-18-20-39-41(32-37)54(12,13)26-24-52(39,8)9/h16-23,28-33H,24-27H2,1-15H3. The van der Waals surface area contributed by atoms with Crippen LogP contribution in [0, 0.1) is 6.92 Å². The van der Waals surface area contributed by atoms with Crippen molar-refractivity contribution in [2.75, 3.05) is 9.80 Å². The third-order valence-corrected chi connectivity index (χ3v) is 15.1. The summed E-state index contributed by atoms with van der Waals surface area (Å²) in [7, 11) is 0. The van der Waals surface area contributed by atoms with Crippen molar-refractivity contribution in [1.29, 1.82) is 0 Å². The maximum Gasteiger partial charge on any atom is 0.252 e. The second-order valence-corrected chi connectivity index (χ2v) is 23.4. The van der Waals surface area contributed by atoms with Crippen LogP contribution in [0.5, 0.6) is 0 Å². The molecule has 0 radical (unpaired) electrons. The summed E-state index contributed by atoms with van der Waals surface area (Å²) in [6.45, 7) is 36.1. The van der Waals surface area contributed by atoms with E-state index in [1.807, 2.05) is 0 Å². The number of benzene rings is 5. The summed E-state index contributed by atoms with van der Waals surface area (Å²) in [6.07, 6.45) is 4.81. The van der Waals surface area contributed by atoms with E-state index in [4.69, 9.17) is 0 Å². The van der Waals surface area contributed by atoms with Gasteiger partial charge in [-0.15, -0.1) is 0 Å². The zero-order chi connectivity index (χ0) is 41.7. The van der Waals surface area contributed by atoms with Gasteiger partial charge < -0.3 is 9.80 Å². The molecule has 300 valence electrons. The summed E-state index contributed by atoms with van der Waals surface area (Å²) < 4.78 is 0. The fourth-order valence-electron chi connectivity index (χ4n) is 11.0. The third kappa shape index (κ3) is 5.95. The zero-order valence-corrected chi connectivity index (χ0v) is 38.4. The lowest BCUT2D eigenvalue weighted by molar-refractivity contribution is 0.332. The van der Waals surface area contributed by atoms with Gasteiger partial charge >= 0.3 is 0 Å². The first-order valence-electron chi connectivity index (χ1n) is 22.2. The molecule has 5 aromatic rings. The van der Waals surface area contributed by atoms with Gasteiger partial charge in [0.05, 0.1) is 0 Å². The molecule has 4 aliphatic rings. The van der Waals surface area contributed by atoms with E-state index in [-0.39, 0.29) is 39.2 Å². The first kappa shape index (κ1) is 39.2. The predicted molar refractivity (Wildman–Crippen MR) is 253 cm³/mol. The summed E-state index contributed by atoms with van der Waals surface area (Å²) in [5.41, 5.74) is 22.5. The van der Waals surface area contributed by atoms with Gasteiger partial charge in [0.25, 0.3) is 6.71 Å². The summed E-state index contributed by atoms with van der Waals surface area (Å²) in [6, 6.07) is 34.7. The van der Waals surface area contributed by atoms with Crippen LogP contribution in [0.25, 0.3) is 0 Å². The minimum absolute atomic E-state index is 0.0122. The highest BCUT2D eigenvalue weighted by Gasteiger charge is 2.46. The first-order chi connectivity index (χ1) is 26.9. The first-order valence-corrected chi connectivity index (χ1v) is 22.2. The quantitative estimate of drug-likeness (QED) is 0.162. The highest BCUT2D eigenvalue weighted by atomic mass is 15.2. The molecule has 0 bridgehead atoms. The maximum atomic E-state index is 2.65. The number of rotatable bonds is 2. The maximum absolute atomic E-state index is 2.65. The van der Waals surface area contributed by atoms with E-state index in [1.165, 1.54) is 115 Å². The lowest BCUT2D eigenvalue weighted by atomic mass is 9.33. The SMILES string of the molecule is Cc1cc2c3c(c1)N(c1ccc4c(c1)C(C)(C)CCC4(C)C)c1cc(C(C)(C)C)ccc1B3c1ccc(C(C)(C)C)cc1N2c1ccc2c(c1)C(C)(C)CCC2(C)C. The Morgan fingerprint density at radius 3 is 1.16 bits per heavy atom. The van der Waals surface area contributed by atoms with E-state index < -0.39 is 0 Å². The van der Waals surface area contributed by atoms with Crippen LogP contribution in [-0.4, -0.2) is 6.71 Å². The summed E-state index contributed by atoms with van der Waals surface area (Å²) in [5.74, 6) is 0. The second-order valence-electron chi connectivity index (χ2n) is 23.4.